The van der Waals surface area contributed by atoms with Crippen molar-refractivity contribution in [3.05, 3.63) is 48.6 Å². The second-order valence-electron chi connectivity index (χ2n) is 19.2. The normalized spacial score (nSPS) is 12.3. The van der Waals surface area contributed by atoms with Gasteiger partial charge in [0.2, 0.25) is 0 Å². The zero-order valence-electron chi connectivity index (χ0n) is 44.0. The van der Waals surface area contributed by atoms with Crippen LogP contribution in [-0.2, 0) is 28.6 Å². The highest BCUT2D eigenvalue weighted by Crippen LogP contribution is 2.17. The summed E-state index contributed by atoms with van der Waals surface area (Å²) in [5, 5.41) is 0. The molecule has 0 aliphatic heterocycles. The lowest BCUT2D eigenvalue weighted by Crippen LogP contribution is -2.30. The first kappa shape index (κ1) is 63.4. The Hall–Kier alpha value is -2.63. The topological polar surface area (TPSA) is 78.9 Å². The van der Waals surface area contributed by atoms with Crippen LogP contribution in [0.1, 0.15) is 297 Å². The molecule has 0 aromatic carbocycles. The minimum absolute atomic E-state index is 0.0852. The van der Waals surface area contributed by atoms with Gasteiger partial charge in [-0.3, -0.25) is 14.4 Å². The molecular weight excluding hydrogens is 817 g/mol. The van der Waals surface area contributed by atoms with Gasteiger partial charge in [0.25, 0.3) is 0 Å². The Kier molecular flexibility index (Phi) is 52.8. The molecule has 0 radical (unpaired) electrons. The summed E-state index contributed by atoms with van der Waals surface area (Å²) >= 11 is 0. The van der Waals surface area contributed by atoms with Crippen molar-refractivity contribution in [3.63, 3.8) is 0 Å². The number of esters is 3. The van der Waals surface area contributed by atoms with Crippen LogP contribution in [0.25, 0.3) is 0 Å². The SMILES string of the molecule is CC/C=C\C/C=C\C/C=C\CCCCCC(=O)OC(COC(=O)CCCCCCC/C=C\CCC)COC(=O)CCCCCCCCCCCCCCCCCCCCCCCCCCC. The molecule has 1 unspecified atom stereocenters. The molecule has 1 atom stereocenters. The third-order valence-corrected chi connectivity index (χ3v) is 12.5. The second-order valence-corrected chi connectivity index (χ2v) is 19.2. The summed E-state index contributed by atoms with van der Waals surface area (Å²) in [5.74, 6) is -0.916. The highest BCUT2D eigenvalue weighted by molar-refractivity contribution is 5.71. The first-order chi connectivity index (χ1) is 32.5. The van der Waals surface area contributed by atoms with Gasteiger partial charge in [-0.1, -0.05) is 256 Å². The Labute approximate surface area is 409 Å². The second kappa shape index (κ2) is 55.0. The molecule has 0 fully saturated rings. The van der Waals surface area contributed by atoms with Crippen molar-refractivity contribution in [2.75, 3.05) is 13.2 Å². The lowest BCUT2D eigenvalue weighted by atomic mass is 10.0. The molecule has 0 N–H and O–H groups in total. The van der Waals surface area contributed by atoms with Crippen molar-refractivity contribution in [2.45, 2.75) is 303 Å². The Morgan fingerprint density at radius 1 is 0.318 bits per heavy atom. The van der Waals surface area contributed by atoms with Crippen LogP contribution in [0.15, 0.2) is 48.6 Å². The van der Waals surface area contributed by atoms with Crippen LogP contribution < -0.4 is 0 Å². The fraction of sp³-hybridized carbons (Fsp3) is 0.817. The van der Waals surface area contributed by atoms with Gasteiger partial charge < -0.3 is 14.2 Å². The maximum Gasteiger partial charge on any atom is 0.306 e. The Balaban J connectivity index is 4.17. The van der Waals surface area contributed by atoms with Gasteiger partial charge in [0, 0.05) is 19.3 Å². The molecule has 0 spiro atoms. The molecule has 6 heteroatoms. The number of allylic oxidation sites excluding steroid dienone is 8. The van der Waals surface area contributed by atoms with Crippen LogP contribution in [0.2, 0.25) is 0 Å². The summed E-state index contributed by atoms with van der Waals surface area (Å²) in [6.07, 6.45) is 67.0. The molecule has 6 nitrogen and oxygen atoms in total. The average Bonchev–Trinajstić information content (AvgIpc) is 3.31. The van der Waals surface area contributed by atoms with E-state index in [4.69, 9.17) is 14.2 Å². The van der Waals surface area contributed by atoms with E-state index >= 15 is 0 Å². The largest absolute Gasteiger partial charge is 0.462 e. The summed E-state index contributed by atoms with van der Waals surface area (Å²) in [7, 11) is 0. The molecule has 0 aliphatic carbocycles. The van der Waals surface area contributed by atoms with Crippen LogP contribution in [0.5, 0.6) is 0 Å². The summed E-state index contributed by atoms with van der Waals surface area (Å²) in [5.41, 5.74) is 0. The summed E-state index contributed by atoms with van der Waals surface area (Å²) in [6, 6.07) is 0. The number of rotatable bonds is 52. The van der Waals surface area contributed by atoms with E-state index in [1.807, 2.05) is 0 Å². The van der Waals surface area contributed by atoms with Crippen molar-refractivity contribution in [1.29, 1.82) is 0 Å². The molecule has 0 aromatic heterocycles. The van der Waals surface area contributed by atoms with Gasteiger partial charge in [-0.2, -0.15) is 0 Å². The summed E-state index contributed by atoms with van der Waals surface area (Å²) in [6.45, 7) is 6.46. The van der Waals surface area contributed by atoms with Gasteiger partial charge in [-0.25, -0.2) is 0 Å². The van der Waals surface area contributed by atoms with E-state index in [-0.39, 0.29) is 31.1 Å². The van der Waals surface area contributed by atoms with E-state index in [0.717, 1.165) is 96.3 Å². The molecule has 0 bridgehead atoms. The Bertz CT molecular complexity index is 1150. The van der Waals surface area contributed by atoms with Crippen molar-refractivity contribution < 1.29 is 28.6 Å². The van der Waals surface area contributed by atoms with E-state index in [1.54, 1.807) is 0 Å². The zero-order valence-corrected chi connectivity index (χ0v) is 44.0. The first-order valence-corrected chi connectivity index (χ1v) is 28.6. The summed E-state index contributed by atoms with van der Waals surface area (Å²) < 4.78 is 16.8. The van der Waals surface area contributed by atoms with Gasteiger partial charge in [0.05, 0.1) is 0 Å². The van der Waals surface area contributed by atoms with Gasteiger partial charge in [-0.15, -0.1) is 0 Å². The molecular formula is C60H108O6. The number of carbonyl (C=O) groups excluding carboxylic acids is 3. The molecule has 0 amide bonds. The molecule has 0 saturated carbocycles. The molecule has 66 heavy (non-hydrogen) atoms. The predicted molar refractivity (Wildman–Crippen MR) is 284 cm³/mol. The fourth-order valence-electron chi connectivity index (χ4n) is 8.28. The molecule has 0 aliphatic rings. The lowest BCUT2D eigenvalue weighted by Gasteiger charge is -2.18. The first-order valence-electron chi connectivity index (χ1n) is 28.6. The molecule has 0 rings (SSSR count). The van der Waals surface area contributed by atoms with Gasteiger partial charge in [-0.05, 0) is 70.6 Å². The van der Waals surface area contributed by atoms with Crippen molar-refractivity contribution in [3.8, 4) is 0 Å². The quantitative estimate of drug-likeness (QED) is 0.0262. The lowest BCUT2D eigenvalue weighted by molar-refractivity contribution is -0.167. The van der Waals surface area contributed by atoms with E-state index in [1.165, 1.54) is 161 Å². The van der Waals surface area contributed by atoms with E-state index < -0.39 is 6.10 Å². The maximum atomic E-state index is 12.8. The average molecular weight is 926 g/mol. The number of carbonyl (C=O) groups is 3. The minimum Gasteiger partial charge on any atom is -0.462 e. The Morgan fingerprint density at radius 2 is 0.621 bits per heavy atom. The number of ether oxygens (including phenoxy) is 3. The number of hydrogen-bond donors (Lipinski definition) is 0. The maximum absolute atomic E-state index is 12.8. The zero-order chi connectivity index (χ0) is 47.9. The third-order valence-electron chi connectivity index (χ3n) is 12.5. The number of hydrogen-bond acceptors (Lipinski definition) is 6. The predicted octanol–water partition coefficient (Wildman–Crippen LogP) is 19.0. The van der Waals surface area contributed by atoms with Gasteiger partial charge in [0.1, 0.15) is 13.2 Å². The highest BCUT2D eigenvalue weighted by atomic mass is 16.6. The van der Waals surface area contributed by atoms with Crippen molar-refractivity contribution in [1.82, 2.24) is 0 Å². The molecule has 0 saturated heterocycles. The molecule has 0 aromatic rings. The van der Waals surface area contributed by atoms with Crippen LogP contribution in [-0.4, -0.2) is 37.2 Å². The Morgan fingerprint density at radius 3 is 1.02 bits per heavy atom. The van der Waals surface area contributed by atoms with Crippen molar-refractivity contribution in [2.24, 2.45) is 0 Å². The highest BCUT2D eigenvalue weighted by Gasteiger charge is 2.19. The van der Waals surface area contributed by atoms with E-state index in [2.05, 4.69) is 69.4 Å². The molecule has 0 heterocycles. The minimum atomic E-state index is -0.788. The smallest absolute Gasteiger partial charge is 0.306 e. The third kappa shape index (κ3) is 52.3. The van der Waals surface area contributed by atoms with Crippen molar-refractivity contribution >= 4 is 17.9 Å². The summed E-state index contributed by atoms with van der Waals surface area (Å²) in [4.78, 5) is 38.0. The molecule has 384 valence electrons. The van der Waals surface area contributed by atoms with Crippen LogP contribution in [0, 0.1) is 0 Å². The number of unbranched alkanes of at least 4 members (excludes halogenated alkanes) is 33. The van der Waals surface area contributed by atoms with E-state index in [9.17, 15) is 14.4 Å². The fourth-order valence-corrected chi connectivity index (χ4v) is 8.28. The standard InChI is InChI=1S/C60H108O6/c1-4-7-10-13-16-19-22-24-25-26-27-28-29-30-31-32-33-34-35-37-38-41-44-47-50-53-59(62)65-56-57(55-64-58(61)52-49-46-43-40-21-18-15-12-9-6-3)66-60(63)54-51-48-45-42-39-36-23-20-17-14-11-8-5-2/h8,11-12,15,17,20,36,39,57H,4-7,9-10,13-14,16,18-19,21-35,37-38,40-56H2,1-3H3/b11-8-,15-12-,20-17-,39-36-. The van der Waals surface area contributed by atoms with Gasteiger partial charge in [0.15, 0.2) is 6.10 Å². The van der Waals surface area contributed by atoms with Crippen LogP contribution >= 0.6 is 0 Å². The van der Waals surface area contributed by atoms with Gasteiger partial charge >= 0.3 is 17.9 Å². The van der Waals surface area contributed by atoms with E-state index in [0.29, 0.717) is 19.3 Å². The van der Waals surface area contributed by atoms with Crippen LogP contribution in [0.3, 0.4) is 0 Å². The monoisotopic (exact) mass is 925 g/mol. The van der Waals surface area contributed by atoms with Crippen LogP contribution in [0.4, 0.5) is 0 Å².